The highest BCUT2D eigenvalue weighted by atomic mass is 16.4. The predicted octanol–water partition coefficient (Wildman–Crippen LogP) is -0.196. The van der Waals surface area contributed by atoms with Crippen LogP contribution in [0.2, 0.25) is 0 Å². The molecular formula is C4H7NO2. The lowest BCUT2D eigenvalue weighted by Gasteiger charge is -1.78. The Morgan fingerprint density at radius 3 is 2.57 bits per heavy atom. The summed E-state index contributed by atoms with van der Waals surface area (Å²) in [6, 6.07) is 0. The summed E-state index contributed by atoms with van der Waals surface area (Å²) in [5.41, 5.74) is 0. The first-order valence-corrected chi connectivity index (χ1v) is 1.84. The van der Waals surface area contributed by atoms with Crippen molar-refractivity contribution >= 4 is 5.97 Å². The summed E-state index contributed by atoms with van der Waals surface area (Å²) in [4.78, 5) is 9.63. The van der Waals surface area contributed by atoms with Crippen molar-refractivity contribution in [1.82, 2.24) is 5.32 Å². The third kappa shape index (κ3) is 5.01. The van der Waals surface area contributed by atoms with Gasteiger partial charge in [0, 0.05) is 19.3 Å². The van der Waals surface area contributed by atoms with Crippen LogP contribution in [-0.4, -0.2) is 18.1 Å². The smallest absolute Gasteiger partial charge is 0.329 e. The second-order valence-corrected chi connectivity index (χ2v) is 0.960. The number of carboxylic acid groups (broad SMARTS) is 1. The highest BCUT2D eigenvalue weighted by molar-refractivity contribution is 5.79. The third-order valence-corrected chi connectivity index (χ3v) is 0.393. The quantitative estimate of drug-likeness (QED) is 0.474. The van der Waals surface area contributed by atoms with Crippen LogP contribution in [0.4, 0.5) is 0 Å². The second-order valence-electron chi connectivity index (χ2n) is 0.960. The van der Waals surface area contributed by atoms with Crippen LogP contribution < -0.4 is 5.32 Å². The molecule has 40 valence electrons. The van der Waals surface area contributed by atoms with Crippen LogP contribution in [0.1, 0.15) is 0 Å². The minimum absolute atomic E-state index is 0.936. The molecule has 2 N–H and O–H groups in total. The molecule has 0 heterocycles. The monoisotopic (exact) mass is 101 g/mol. The highest BCUT2D eigenvalue weighted by Gasteiger charge is 1.78. The zero-order valence-corrected chi connectivity index (χ0v) is 4.01. The first-order chi connectivity index (χ1) is 3.27. The van der Waals surface area contributed by atoms with Gasteiger partial charge in [-0.25, -0.2) is 4.79 Å². The van der Waals surface area contributed by atoms with Crippen LogP contribution in [0.25, 0.3) is 0 Å². The lowest BCUT2D eigenvalue weighted by molar-refractivity contribution is -0.131. The molecule has 0 unspecified atom stereocenters. The number of nitrogens with one attached hydrogen (secondary N) is 1. The maximum absolute atomic E-state index is 9.63. The third-order valence-electron chi connectivity index (χ3n) is 0.393. The molecule has 0 aliphatic rings. The SMILES string of the molecule is CN/C=C/C(=O)O. The Hall–Kier alpha value is -0.990. The van der Waals surface area contributed by atoms with Crippen LogP contribution in [0, 0.1) is 0 Å². The van der Waals surface area contributed by atoms with Gasteiger partial charge in [-0.05, 0) is 0 Å². The van der Waals surface area contributed by atoms with Gasteiger partial charge in [0.15, 0.2) is 0 Å². The van der Waals surface area contributed by atoms with E-state index in [1.54, 1.807) is 7.05 Å². The summed E-state index contributed by atoms with van der Waals surface area (Å²) in [6.07, 6.45) is 2.38. The van der Waals surface area contributed by atoms with E-state index in [1.807, 2.05) is 0 Å². The van der Waals surface area contributed by atoms with Gasteiger partial charge in [0.25, 0.3) is 0 Å². The molecule has 3 heteroatoms. The van der Waals surface area contributed by atoms with Gasteiger partial charge in [0.1, 0.15) is 0 Å². The van der Waals surface area contributed by atoms with E-state index in [0.717, 1.165) is 6.08 Å². The van der Waals surface area contributed by atoms with E-state index < -0.39 is 5.97 Å². The number of carboxylic acids is 1. The van der Waals surface area contributed by atoms with Crippen LogP contribution in [0.3, 0.4) is 0 Å². The molecule has 0 aromatic carbocycles. The molecular weight excluding hydrogens is 94.0 g/mol. The van der Waals surface area contributed by atoms with Crippen molar-refractivity contribution in [1.29, 1.82) is 0 Å². The molecule has 0 spiro atoms. The van der Waals surface area contributed by atoms with Crippen molar-refractivity contribution in [2.45, 2.75) is 0 Å². The molecule has 0 saturated heterocycles. The minimum Gasteiger partial charge on any atom is -0.478 e. The van der Waals surface area contributed by atoms with Crippen LogP contribution in [0.15, 0.2) is 12.3 Å². The molecule has 0 bridgehead atoms. The summed E-state index contributed by atoms with van der Waals surface area (Å²) in [5.74, 6) is -0.936. The van der Waals surface area contributed by atoms with E-state index in [2.05, 4.69) is 5.32 Å². The normalized spacial score (nSPS) is 9.29. The van der Waals surface area contributed by atoms with Crippen LogP contribution >= 0.6 is 0 Å². The lowest BCUT2D eigenvalue weighted by atomic mass is 10.6. The van der Waals surface area contributed by atoms with Gasteiger partial charge in [-0.2, -0.15) is 0 Å². The molecule has 0 fully saturated rings. The van der Waals surface area contributed by atoms with Gasteiger partial charge in [-0.15, -0.1) is 0 Å². The van der Waals surface area contributed by atoms with E-state index >= 15 is 0 Å². The summed E-state index contributed by atoms with van der Waals surface area (Å²) < 4.78 is 0. The molecule has 7 heavy (non-hydrogen) atoms. The molecule has 0 rings (SSSR count). The molecule has 0 saturated carbocycles. The topological polar surface area (TPSA) is 49.3 Å². The molecule has 0 aromatic heterocycles. The summed E-state index contributed by atoms with van der Waals surface area (Å²) >= 11 is 0. The predicted molar refractivity (Wildman–Crippen MR) is 25.8 cm³/mol. The molecule has 0 amide bonds. The average molecular weight is 101 g/mol. The Morgan fingerprint density at radius 2 is 2.43 bits per heavy atom. The van der Waals surface area contributed by atoms with Gasteiger partial charge in [0.05, 0.1) is 0 Å². The minimum atomic E-state index is -0.936. The molecule has 0 aliphatic heterocycles. The average Bonchev–Trinajstić information content (AvgIpc) is 1.61. The van der Waals surface area contributed by atoms with Gasteiger partial charge in [-0.1, -0.05) is 0 Å². The zero-order valence-electron chi connectivity index (χ0n) is 4.01. The lowest BCUT2D eigenvalue weighted by Crippen LogP contribution is -1.95. The second kappa shape index (κ2) is 3.21. The van der Waals surface area contributed by atoms with Gasteiger partial charge in [-0.3, -0.25) is 0 Å². The Morgan fingerprint density at radius 1 is 1.86 bits per heavy atom. The number of hydrogen-bond donors (Lipinski definition) is 2. The highest BCUT2D eigenvalue weighted by Crippen LogP contribution is 1.62. The summed E-state index contributed by atoms with van der Waals surface area (Å²) in [5, 5.41) is 10.5. The summed E-state index contributed by atoms with van der Waals surface area (Å²) in [7, 11) is 1.64. The molecule has 0 aromatic rings. The number of aliphatic carboxylic acids is 1. The molecule has 0 aliphatic carbocycles. The van der Waals surface area contributed by atoms with Crippen LogP contribution in [0.5, 0.6) is 0 Å². The van der Waals surface area contributed by atoms with Crippen molar-refractivity contribution in [3.8, 4) is 0 Å². The first-order valence-electron chi connectivity index (χ1n) is 1.84. The largest absolute Gasteiger partial charge is 0.478 e. The van der Waals surface area contributed by atoms with Gasteiger partial charge < -0.3 is 10.4 Å². The molecule has 0 radical (unpaired) electrons. The van der Waals surface area contributed by atoms with Crippen molar-refractivity contribution in [3.63, 3.8) is 0 Å². The van der Waals surface area contributed by atoms with Crippen molar-refractivity contribution in [2.24, 2.45) is 0 Å². The van der Waals surface area contributed by atoms with E-state index in [-0.39, 0.29) is 0 Å². The summed E-state index contributed by atoms with van der Waals surface area (Å²) in [6.45, 7) is 0. The van der Waals surface area contributed by atoms with E-state index in [1.165, 1.54) is 6.20 Å². The van der Waals surface area contributed by atoms with E-state index in [4.69, 9.17) is 5.11 Å². The van der Waals surface area contributed by atoms with Crippen LogP contribution in [-0.2, 0) is 4.79 Å². The number of carbonyl (C=O) groups is 1. The fourth-order valence-corrected chi connectivity index (χ4v) is 0.155. The van der Waals surface area contributed by atoms with Crippen molar-refractivity contribution in [2.75, 3.05) is 7.05 Å². The Balaban J connectivity index is 3.26. The Bertz CT molecular complexity index is 87.7. The standard InChI is InChI=1S/C4H7NO2/c1-5-3-2-4(6)7/h2-3,5H,1H3,(H,6,7)/b3-2+. The fraction of sp³-hybridized carbons (Fsp3) is 0.250. The fourth-order valence-electron chi connectivity index (χ4n) is 0.155. The maximum atomic E-state index is 9.63. The Labute approximate surface area is 41.7 Å². The molecule has 3 nitrogen and oxygen atoms in total. The maximum Gasteiger partial charge on any atom is 0.329 e. The number of rotatable bonds is 2. The Kier molecular flexibility index (Phi) is 2.76. The van der Waals surface area contributed by atoms with E-state index in [9.17, 15) is 4.79 Å². The first kappa shape index (κ1) is 6.01. The molecule has 0 atom stereocenters. The van der Waals surface area contributed by atoms with Crippen molar-refractivity contribution in [3.05, 3.63) is 12.3 Å². The zero-order chi connectivity index (χ0) is 5.70. The number of hydrogen-bond acceptors (Lipinski definition) is 2. The van der Waals surface area contributed by atoms with Gasteiger partial charge >= 0.3 is 5.97 Å². The van der Waals surface area contributed by atoms with Gasteiger partial charge in [0.2, 0.25) is 0 Å². The van der Waals surface area contributed by atoms with Crippen molar-refractivity contribution < 1.29 is 9.90 Å². The van der Waals surface area contributed by atoms with E-state index in [0.29, 0.717) is 0 Å².